The Morgan fingerprint density at radius 2 is 2.11 bits per heavy atom. The highest BCUT2D eigenvalue weighted by atomic mass is 79.9. The lowest BCUT2D eigenvalue weighted by Crippen LogP contribution is -2.00. The molecule has 0 unspecified atom stereocenters. The number of nitrogens with zero attached hydrogens (tertiary/aromatic N) is 2. The van der Waals surface area contributed by atoms with E-state index in [2.05, 4.69) is 25.9 Å². The Bertz CT molecular complexity index is 598. The third kappa shape index (κ3) is 3.86. The van der Waals surface area contributed by atoms with Gasteiger partial charge in [0.1, 0.15) is 11.8 Å². The third-order valence-electron chi connectivity index (χ3n) is 2.10. The molecule has 100 valence electrons. The molecule has 0 fully saturated rings. The van der Waals surface area contributed by atoms with Crippen LogP contribution in [0.2, 0.25) is 5.15 Å². The zero-order valence-corrected chi connectivity index (χ0v) is 12.2. The summed E-state index contributed by atoms with van der Waals surface area (Å²) in [6.45, 7) is 0.192. The number of aromatic nitrogens is 2. The third-order valence-corrected chi connectivity index (χ3v) is 2.79. The molecule has 0 saturated heterocycles. The quantitative estimate of drug-likeness (QED) is 0.785. The fourth-order valence-electron chi connectivity index (χ4n) is 1.36. The van der Waals surface area contributed by atoms with E-state index in [-0.39, 0.29) is 23.4 Å². The van der Waals surface area contributed by atoms with Crippen molar-refractivity contribution in [2.24, 2.45) is 0 Å². The van der Waals surface area contributed by atoms with Gasteiger partial charge in [-0.25, -0.2) is 9.37 Å². The molecule has 0 aliphatic carbocycles. The zero-order valence-electron chi connectivity index (χ0n) is 9.86. The van der Waals surface area contributed by atoms with E-state index in [1.165, 1.54) is 25.3 Å². The van der Waals surface area contributed by atoms with Gasteiger partial charge in [0.05, 0.1) is 0 Å². The van der Waals surface area contributed by atoms with E-state index < -0.39 is 5.82 Å². The Morgan fingerprint density at radius 3 is 2.84 bits per heavy atom. The van der Waals surface area contributed by atoms with E-state index in [1.54, 1.807) is 6.07 Å². The van der Waals surface area contributed by atoms with Crippen molar-refractivity contribution in [2.75, 3.05) is 7.11 Å². The smallest absolute Gasteiger partial charge is 0.224 e. The molecule has 0 N–H and O–H groups in total. The van der Waals surface area contributed by atoms with Crippen LogP contribution in [0.15, 0.2) is 28.7 Å². The van der Waals surface area contributed by atoms with Gasteiger partial charge in [-0.1, -0.05) is 27.5 Å². The molecule has 1 aromatic heterocycles. The number of ether oxygens (including phenoxy) is 2. The summed E-state index contributed by atoms with van der Waals surface area (Å²) in [5.74, 6) is 0.0724. The highest BCUT2D eigenvalue weighted by Gasteiger charge is 2.09. The SMILES string of the molecule is COCc1nc(Cl)cc(Oc2cc(Br)ccc2F)n1. The van der Waals surface area contributed by atoms with Gasteiger partial charge in [-0.3, -0.25) is 0 Å². The van der Waals surface area contributed by atoms with Crippen molar-refractivity contribution in [3.05, 3.63) is 45.5 Å². The predicted molar refractivity (Wildman–Crippen MR) is 71.9 cm³/mol. The van der Waals surface area contributed by atoms with Crippen molar-refractivity contribution in [1.29, 1.82) is 0 Å². The zero-order chi connectivity index (χ0) is 13.8. The summed E-state index contributed by atoms with van der Waals surface area (Å²) < 4.78 is 24.5. The standard InChI is InChI=1S/C12H9BrClFN2O2/c1-18-6-11-16-10(14)5-12(17-11)19-9-4-7(13)2-3-8(9)15/h2-5H,6H2,1H3. The van der Waals surface area contributed by atoms with Crippen molar-refractivity contribution in [3.8, 4) is 11.6 Å². The van der Waals surface area contributed by atoms with Gasteiger partial charge in [0.15, 0.2) is 17.4 Å². The predicted octanol–water partition coefficient (Wildman–Crippen LogP) is 3.97. The molecular weight excluding hydrogens is 338 g/mol. The van der Waals surface area contributed by atoms with Crippen LogP contribution < -0.4 is 4.74 Å². The first-order valence-corrected chi connectivity index (χ1v) is 6.41. The van der Waals surface area contributed by atoms with Gasteiger partial charge >= 0.3 is 0 Å². The van der Waals surface area contributed by atoms with E-state index in [1.807, 2.05) is 0 Å². The van der Waals surface area contributed by atoms with E-state index in [0.29, 0.717) is 10.3 Å². The van der Waals surface area contributed by atoms with Crippen LogP contribution in [-0.2, 0) is 11.3 Å². The number of methoxy groups -OCH3 is 1. The molecule has 1 heterocycles. The van der Waals surface area contributed by atoms with Crippen LogP contribution in [0.5, 0.6) is 11.6 Å². The molecule has 0 bridgehead atoms. The first-order valence-electron chi connectivity index (χ1n) is 5.24. The van der Waals surface area contributed by atoms with Gasteiger partial charge in [-0.2, -0.15) is 4.98 Å². The molecule has 0 saturated carbocycles. The van der Waals surface area contributed by atoms with Crippen molar-refractivity contribution >= 4 is 27.5 Å². The average molecular weight is 348 g/mol. The lowest BCUT2D eigenvalue weighted by Gasteiger charge is -2.08. The van der Waals surface area contributed by atoms with Gasteiger partial charge in [0, 0.05) is 17.6 Å². The van der Waals surface area contributed by atoms with Gasteiger partial charge in [-0.05, 0) is 18.2 Å². The summed E-state index contributed by atoms with van der Waals surface area (Å²) in [5.41, 5.74) is 0. The lowest BCUT2D eigenvalue weighted by atomic mass is 10.3. The minimum atomic E-state index is -0.494. The van der Waals surface area contributed by atoms with Crippen molar-refractivity contribution in [2.45, 2.75) is 6.61 Å². The van der Waals surface area contributed by atoms with Crippen LogP contribution in [-0.4, -0.2) is 17.1 Å². The van der Waals surface area contributed by atoms with Crippen LogP contribution in [0, 0.1) is 5.82 Å². The first kappa shape index (κ1) is 14.2. The summed E-state index contributed by atoms with van der Waals surface area (Å²) in [7, 11) is 1.51. The van der Waals surface area contributed by atoms with Gasteiger partial charge in [0.2, 0.25) is 5.88 Å². The number of benzene rings is 1. The van der Waals surface area contributed by atoms with Crippen LogP contribution in [0.25, 0.3) is 0 Å². The first-order chi connectivity index (χ1) is 9.08. The van der Waals surface area contributed by atoms with E-state index >= 15 is 0 Å². The van der Waals surface area contributed by atoms with E-state index in [4.69, 9.17) is 21.1 Å². The number of rotatable bonds is 4. The largest absolute Gasteiger partial charge is 0.436 e. The van der Waals surface area contributed by atoms with Crippen LogP contribution in [0.4, 0.5) is 4.39 Å². The van der Waals surface area contributed by atoms with Crippen LogP contribution in [0.1, 0.15) is 5.82 Å². The second kappa shape index (κ2) is 6.27. The Labute approximate surface area is 122 Å². The molecule has 0 aliphatic rings. The molecule has 19 heavy (non-hydrogen) atoms. The molecule has 0 spiro atoms. The minimum Gasteiger partial charge on any atom is -0.436 e. The second-order valence-corrected chi connectivity index (χ2v) is 4.86. The number of hydrogen-bond acceptors (Lipinski definition) is 4. The Hall–Kier alpha value is -1.24. The molecule has 7 heteroatoms. The molecule has 0 amide bonds. The topological polar surface area (TPSA) is 44.2 Å². The highest BCUT2D eigenvalue weighted by Crippen LogP contribution is 2.27. The lowest BCUT2D eigenvalue weighted by molar-refractivity contribution is 0.177. The van der Waals surface area contributed by atoms with E-state index in [9.17, 15) is 4.39 Å². The summed E-state index contributed by atoms with van der Waals surface area (Å²) in [5, 5.41) is 0.201. The molecule has 2 rings (SSSR count). The number of hydrogen-bond donors (Lipinski definition) is 0. The minimum absolute atomic E-state index is 0.0486. The monoisotopic (exact) mass is 346 g/mol. The molecule has 0 atom stereocenters. The molecule has 0 aliphatic heterocycles. The van der Waals surface area contributed by atoms with Gasteiger partial charge in [-0.15, -0.1) is 0 Å². The second-order valence-electron chi connectivity index (χ2n) is 3.55. The van der Waals surface area contributed by atoms with Gasteiger partial charge < -0.3 is 9.47 Å². The maximum atomic E-state index is 13.6. The fraction of sp³-hybridized carbons (Fsp3) is 0.167. The Balaban J connectivity index is 2.29. The summed E-state index contributed by atoms with van der Waals surface area (Å²) in [4.78, 5) is 8.02. The summed E-state index contributed by atoms with van der Waals surface area (Å²) >= 11 is 9.07. The Morgan fingerprint density at radius 1 is 1.32 bits per heavy atom. The molecule has 2 aromatic rings. The maximum Gasteiger partial charge on any atom is 0.224 e. The normalized spacial score (nSPS) is 10.5. The Kier molecular flexibility index (Phi) is 4.68. The summed E-state index contributed by atoms with van der Waals surface area (Å²) in [6, 6.07) is 5.77. The average Bonchev–Trinajstić information content (AvgIpc) is 2.33. The molecular formula is C12H9BrClFN2O2. The maximum absolute atomic E-state index is 13.6. The fourth-order valence-corrected chi connectivity index (χ4v) is 1.89. The molecule has 1 aromatic carbocycles. The van der Waals surface area contributed by atoms with Crippen molar-refractivity contribution in [1.82, 2.24) is 9.97 Å². The highest BCUT2D eigenvalue weighted by molar-refractivity contribution is 9.10. The van der Waals surface area contributed by atoms with Crippen molar-refractivity contribution < 1.29 is 13.9 Å². The van der Waals surface area contributed by atoms with E-state index in [0.717, 1.165) is 0 Å². The van der Waals surface area contributed by atoms with Crippen molar-refractivity contribution in [3.63, 3.8) is 0 Å². The molecule has 4 nitrogen and oxygen atoms in total. The number of halogens is 3. The van der Waals surface area contributed by atoms with Gasteiger partial charge in [0.25, 0.3) is 0 Å². The van der Waals surface area contributed by atoms with Crippen LogP contribution >= 0.6 is 27.5 Å². The molecule has 0 radical (unpaired) electrons. The van der Waals surface area contributed by atoms with Crippen LogP contribution in [0.3, 0.4) is 0 Å². The summed E-state index contributed by atoms with van der Waals surface area (Å²) in [6.07, 6.45) is 0.